The molecule has 1 fully saturated rings. The van der Waals surface area contributed by atoms with Crippen LogP contribution in [0.4, 0.5) is 0 Å². The van der Waals surface area contributed by atoms with Crippen molar-refractivity contribution < 1.29 is 9.59 Å². The summed E-state index contributed by atoms with van der Waals surface area (Å²) >= 11 is 5.49. The number of hydrogen-bond donors (Lipinski definition) is 0. The maximum Gasteiger partial charge on any atom is 0.237 e. The third-order valence-electron chi connectivity index (χ3n) is 2.68. The van der Waals surface area contributed by atoms with Gasteiger partial charge in [0.2, 0.25) is 11.8 Å². The average Bonchev–Trinajstić information content (AvgIpc) is 2.26. The predicted molar refractivity (Wildman–Crippen MR) is 63.3 cm³/mol. The number of piperazine rings is 1. The fourth-order valence-corrected chi connectivity index (χ4v) is 1.89. The maximum atomic E-state index is 12.0. The molecule has 0 bridgehead atoms. The Morgan fingerprint density at radius 2 is 1.50 bits per heavy atom. The van der Waals surface area contributed by atoms with E-state index >= 15 is 0 Å². The maximum absolute atomic E-state index is 12.0. The standard InChI is InChI=1S/C11H19ClN2O2/c1-11(2,3)10(16)14-6-4-13(5-7-14)9(15)8-12/h4-8H2,1-3H3. The van der Waals surface area contributed by atoms with Crippen molar-refractivity contribution in [2.45, 2.75) is 20.8 Å². The third-order valence-corrected chi connectivity index (χ3v) is 2.90. The minimum Gasteiger partial charge on any atom is -0.339 e. The van der Waals surface area contributed by atoms with Crippen molar-refractivity contribution in [3.05, 3.63) is 0 Å². The molecule has 0 unspecified atom stereocenters. The zero-order valence-electron chi connectivity index (χ0n) is 10.1. The van der Waals surface area contributed by atoms with Crippen molar-refractivity contribution in [3.8, 4) is 0 Å². The van der Waals surface area contributed by atoms with Gasteiger partial charge in [-0.2, -0.15) is 0 Å². The first-order chi connectivity index (χ1) is 7.36. The first-order valence-corrected chi connectivity index (χ1v) is 6.03. The molecule has 0 aliphatic carbocycles. The third kappa shape index (κ3) is 3.11. The number of nitrogens with zero attached hydrogens (tertiary/aromatic N) is 2. The lowest BCUT2D eigenvalue weighted by molar-refractivity contribution is -0.144. The summed E-state index contributed by atoms with van der Waals surface area (Å²) in [7, 11) is 0. The van der Waals surface area contributed by atoms with Crippen LogP contribution in [0.5, 0.6) is 0 Å². The second-order valence-electron chi connectivity index (χ2n) is 5.06. The van der Waals surface area contributed by atoms with E-state index in [1.807, 2.05) is 25.7 Å². The Labute approximate surface area is 102 Å². The number of carbonyl (C=O) groups is 2. The van der Waals surface area contributed by atoms with Gasteiger partial charge in [-0.25, -0.2) is 0 Å². The predicted octanol–water partition coefficient (Wildman–Crippen LogP) is 0.942. The van der Waals surface area contributed by atoms with Gasteiger partial charge in [0.05, 0.1) is 0 Å². The van der Waals surface area contributed by atoms with E-state index in [2.05, 4.69) is 0 Å². The highest BCUT2D eigenvalue weighted by molar-refractivity contribution is 6.27. The van der Waals surface area contributed by atoms with Gasteiger partial charge in [0, 0.05) is 31.6 Å². The molecule has 0 aromatic carbocycles. The molecule has 2 amide bonds. The van der Waals surface area contributed by atoms with Crippen LogP contribution in [0, 0.1) is 5.41 Å². The van der Waals surface area contributed by atoms with Crippen molar-refractivity contribution in [1.29, 1.82) is 0 Å². The molecule has 1 aliphatic rings. The van der Waals surface area contributed by atoms with Crippen LogP contribution in [0.25, 0.3) is 0 Å². The van der Waals surface area contributed by atoms with Crippen molar-refractivity contribution in [3.63, 3.8) is 0 Å². The number of rotatable bonds is 1. The summed E-state index contributed by atoms with van der Waals surface area (Å²) in [5.74, 6) is 0.114. The number of alkyl halides is 1. The fourth-order valence-electron chi connectivity index (χ4n) is 1.72. The lowest BCUT2D eigenvalue weighted by atomic mass is 9.94. The van der Waals surface area contributed by atoms with E-state index in [1.54, 1.807) is 4.90 Å². The number of amides is 2. The fraction of sp³-hybridized carbons (Fsp3) is 0.818. The molecular weight excluding hydrogens is 228 g/mol. The number of halogens is 1. The van der Waals surface area contributed by atoms with Crippen LogP contribution < -0.4 is 0 Å². The van der Waals surface area contributed by atoms with Gasteiger partial charge in [-0.05, 0) is 0 Å². The summed E-state index contributed by atoms with van der Waals surface area (Å²) in [6, 6.07) is 0. The minimum atomic E-state index is -0.349. The molecule has 5 heteroatoms. The minimum absolute atomic E-state index is 0.0210. The molecule has 1 aliphatic heterocycles. The van der Waals surface area contributed by atoms with E-state index in [-0.39, 0.29) is 23.1 Å². The topological polar surface area (TPSA) is 40.6 Å². The second kappa shape index (κ2) is 5.04. The number of hydrogen-bond acceptors (Lipinski definition) is 2. The average molecular weight is 247 g/mol. The molecule has 0 radical (unpaired) electrons. The summed E-state index contributed by atoms with van der Waals surface area (Å²) in [5, 5.41) is 0. The zero-order chi connectivity index (χ0) is 12.3. The molecule has 92 valence electrons. The van der Waals surface area contributed by atoms with Crippen LogP contribution in [-0.2, 0) is 9.59 Å². The Hall–Kier alpha value is -0.770. The Bertz CT molecular complexity index is 278. The normalized spacial score (nSPS) is 17.5. The molecule has 0 saturated carbocycles. The van der Waals surface area contributed by atoms with Crippen LogP contribution >= 0.6 is 11.6 Å². The summed E-state index contributed by atoms with van der Waals surface area (Å²) in [6.45, 7) is 8.13. The van der Waals surface area contributed by atoms with Crippen LogP contribution in [0.3, 0.4) is 0 Å². The monoisotopic (exact) mass is 246 g/mol. The van der Waals surface area contributed by atoms with Gasteiger partial charge in [0.25, 0.3) is 0 Å². The largest absolute Gasteiger partial charge is 0.339 e. The molecule has 4 nitrogen and oxygen atoms in total. The van der Waals surface area contributed by atoms with Gasteiger partial charge < -0.3 is 9.80 Å². The molecule has 0 spiro atoms. The Morgan fingerprint density at radius 3 is 1.88 bits per heavy atom. The highest BCUT2D eigenvalue weighted by Crippen LogP contribution is 2.18. The van der Waals surface area contributed by atoms with Crippen molar-refractivity contribution in [1.82, 2.24) is 9.80 Å². The summed E-state index contributed by atoms with van der Waals surface area (Å²) in [6.07, 6.45) is 0. The van der Waals surface area contributed by atoms with Crippen molar-refractivity contribution in [2.75, 3.05) is 32.1 Å². The zero-order valence-corrected chi connectivity index (χ0v) is 10.9. The molecule has 1 saturated heterocycles. The van der Waals surface area contributed by atoms with Gasteiger partial charge in [-0.3, -0.25) is 9.59 Å². The first-order valence-electron chi connectivity index (χ1n) is 5.49. The molecule has 0 atom stereocenters. The van der Waals surface area contributed by atoms with Gasteiger partial charge in [-0.15, -0.1) is 11.6 Å². The molecule has 0 aromatic heterocycles. The Kier molecular flexibility index (Phi) is 4.19. The lowest BCUT2D eigenvalue weighted by Crippen LogP contribution is -2.53. The quantitative estimate of drug-likeness (QED) is 0.647. The van der Waals surface area contributed by atoms with E-state index in [0.717, 1.165) is 0 Å². The SMILES string of the molecule is CC(C)(C)C(=O)N1CCN(C(=O)CCl)CC1. The van der Waals surface area contributed by atoms with E-state index in [4.69, 9.17) is 11.6 Å². The highest BCUT2D eigenvalue weighted by atomic mass is 35.5. The highest BCUT2D eigenvalue weighted by Gasteiger charge is 2.30. The van der Waals surface area contributed by atoms with E-state index in [0.29, 0.717) is 26.2 Å². The van der Waals surface area contributed by atoms with Crippen LogP contribution in [0.2, 0.25) is 0 Å². The second-order valence-corrected chi connectivity index (χ2v) is 5.32. The van der Waals surface area contributed by atoms with Crippen LogP contribution in [0.1, 0.15) is 20.8 Å². The van der Waals surface area contributed by atoms with Gasteiger partial charge in [-0.1, -0.05) is 20.8 Å². The molecule has 0 N–H and O–H groups in total. The molecule has 16 heavy (non-hydrogen) atoms. The summed E-state index contributed by atoms with van der Waals surface area (Å²) < 4.78 is 0. The Balaban J connectivity index is 2.49. The van der Waals surface area contributed by atoms with Crippen molar-refractivity contribution in [2.24, 2.45) is 5.41 Å². The van der Waals surface area contributed by atoms with E-state index in [9.17, 15) is 9.59 Å². The molecule has 0 aromatic rings. The van der Waals surface area contributed by atoms with Gasteiger partial charge in [0.1, 0.15) is 5.88 Å². The van der Waals surface area contributed by atoms with Crippen LogP contribution in [0.15, 0.2) is 0 Å². The first kappa shape index (κ1) is 13.3. The molecule has 1 heterocycles. The molecule has 1 rings (SSSR count). The molecular formula is C11H19ClN2O2. The van der Waals surface area contributed by atoms with Crippen LogP contribution in [-0.4, -0.2) is 53.7 Å². The van der Waals surface area contributed by atoms with Gasteiger partial charge >= 0.3 is 0 Å². The van der Waals surface area contributed by atoms with Gasteiger partial charge in [0.15, 0.2) is 0 Å². The van der Waals surface area contributed by atoms with E-state index in [1.165, 1.54) is 0 Å². The summed E-state index contributed by atoms with van der Waals surface area (Å²) in [4.78, 5) is 26.8. The Morgan fingerprint density at radius 1 is 1.06 bits per heavy atom. The van der Waals surface area contributed by atoms with E-state index < -0.39 is 0 Å². The smallest absolute Gasteiger partial charge is 0.237 e. The summed E-state index contributed by atoms with van der Waals surface area (Å²) in [5.41, 5.74) is -0.349. The number of carbonyl (C=O) groups excluding carboxylic acids is 2. The van der Waals surface area contributed by atoms with Crippen molar-refractivity contribution >= 4 is 23.4 Å². The lowest BCUT2D eigenvalue weighted by Gasteiger charge is -2.37.